The molecule has 0 bridgehead atoms. The highest BCUT2D eigenvalue weighted by molar-refractivity contribution is 5.64. The fourth-order valence-electron chi connectivity index (χ4n) is 2.04. The van der Waals surface area contributed by atoms with Crippen LogP contribution >= 0.6 is 0 Å². The number of methoxy groups -OCH3 is 2. The first kappa shape index (κ1) is 12.3. The van der Waals surface area contributed by atoms with Gasteiger partial charge in [-0.1, -0.05) is 0 Å². The van der Waals surface area contributed by atoms with Crippen LogP contribution in [0, 0.1) is 0 Å². The third kappa shape index (κ3) is 2.01. The third-order valence-corrected chi connectivity index (χ3v) is 3.03. The highest BCUT2D eigenvalue weighted by atomic mass is 16.5. The Labute approximate surface area is 115 Å². The molecule has 2 aromatic heterocycles. The fourth-order valence-corrected chi connectivity index (χ4v) is 2.04. The van der Waals surface area contributed by atoms with E-state index >= 15 is 0 Å². The second kappa shape index (κ2) is 4.73. The van der Waals surface area contributed by atoms with E-state index in [0.717, 1.165) is 11.2 Å². The van der Waals surface area contributed by atoms with E-state index in [0.29, 0.717) is 23.0 Å². The summed E-state index contributed by atoms with van der Waals surface area (Å²) in [7, 11) is 3.22. The van der Waals surface area contributed by atoms with E-state index in [-0.39, 0.29) is 0 Å². The summed E-state index contributed by atoms with van der Waals surface area (Å²) in [5.41, 5.74) is 8.04. The highest BCUT2D eigenvalue weighted by Crippen LogP contribution is 2.29. The lowest BCUT2D eigenvalue weighted by Crippen LogP contribution is -1.94. The maximum Gasteiger partial charge on any atom is 0.168 e. The molecule has 2 N–H and O–H groups in total. The van der Waals surface area contributed by atoms with E-state index in [1.54, 1.807) is 32.5 Å². The minimum atomic E-state index is 0.647. The number of hydrogen-bond acceptors (Lipinski definition) is 5. The van der Waals surface area contributed by atoms with Gasteiger partial charge >= 0.3 is 0 Å². The lowest BCUT2D eigenvalue weighted by atomic mass is 10.2. The van der Waals surface area contributed by atoms with E-state index in [1.807, 2.05) is 22.6 Å². The molecule has 0 aliphatic heterocycles. The Morgan fingerprint density at radius 1 is 1.00 bits per heavy atom. The largest absolute Gasteiger partial charge is 0.497 e. The first-order valence-electron chi connectivity index (χ1n) is 6.05. The molecule has 0 aliphatic carbocycles. The summed E-state index contributed by atoms with van der Waals surface area (Å²) < 4.78 is 12.4. The molecule has 3 rings (SSSR count). The van der Waals surface area contributed by atoms with Gasteiger partial charge in [0.25, 0.3) is 0 Å². The summed E-state index contributed by atoms with van der Waals surface area (Å²) >= 11 is 0. The Kier molecular flexibility index (Phi) is 2.90. The van der Waals surface area contributed by atoms with Crippen molar-refractivity contribution in [2.45, 2.75) is 0 Å². The van der Waals surface area contributed by atoms with Crippen molar-refractivity contribution in [1.82, 2.24) is 14.6 Å². The quantitative estimate of drug-likeness (QED) is 0.787. The van der Waals surface area contributed by atoms with Crippen LogP contribution in [-0.4, -0.2) is 28.8 Å². The fraction of sp³-hybridized carbons (Fsp3) is 0.143. The molecule has 6 nitrogen and oxygen atoms in total. The van der Waals surface area contributed by atoms with Crippen LogP contribution in [0.5, 0.6) is 11.5 Å². The summed E-state index contributed by atoms with van der Waals surface area (Å²) in [5, 5.41) is 8.33. The van der Waals surface area contributed by atoms with Gasteiger partial charge in [-0.15, -0.1) is 10.2 Å². The van der Waals surface area contributed by atoms with Gasteiger partial charge < -0.3 is 15.2 Å². The smallest absolute Gasteiger partial charge is 0.168 e. The summed E-state index contributed by atoms with van der Waals surface area (Å²) in [6.07, 6.45) is 1.79. The predicted octanol–water partition coefficient (Wildman–Crippen LogP) is 2.00. The summed E-state index contributed by atoms with van der Waals surface area (Å²) in [6, 6.07) is 9.18. The Morgan fingerprint density at radius 3 is 2.35 bits per heavy atom. The van der Waals surface area contributed by atoms with Crippen molar-refractivity contribution in [3.63, 3.8) is 0 Å². The maximum absolute atomic E-state index is 5.82. The average Bonchev–Trinajstić information content (AvgIpc) is 2.89. The number of benzene rings is 1. The molecule has 3 aromatic rings. The molecule has 0 amide bonds. The minimum Gasteiger partial charge on any atom is -0.497 e. The van der Waals surface area contributed by atoms with E-state index in [4.69, 9.17) is 15.2 Å². The van der Waals surface area contributed by atoms with Gasteiger partial charge in [0, 0.05) is 23.5 Å². The monoisotopic (exact) mass is 270 g/mol. The van der Waals surface area contributed by atoms with E-state index in [1.165, 1.54) is 0 Å². The Bertz CT molecular complexity index is 745. The van der Waals surface area contributed by atoms with Crippen molar-refractivity contribution in [2.24, 2.45) is 0 Å². The van der Waals surface area contributed by atoms with E-state index in [9.17, 15) is 0 Å². The summed E-state index contributed by atoms with van der Waals surface area (Å²) in [5.74, 6) is 2.07. The van der Waals surface area contributed by atoms with Crippen molar-refractivity contribution >= 4 is 11.3 Å². The number of rotatable bonds is 3. The van der Waals surface area contributed by atoms with Gasteiger partial charge in [-0.3, -0.25) is 4.40 Å². The van der Waals surface area contributed by atoms with Gasteiger partial charge in [0.1, 0.15) is 11.5 Å². The highest BCUT2D eigenvalue weighted by Gasteiger charge is 2.11. The first-order chi connectivity index (χ1) is 9.71. The van der Waals surface area contributed by atoms with E-state index < -0.39 is 0 Å². The molecule has 0 atom stereocenters. The Morgan fingerprint density at radius 2 is 1.70 bits per heavy atom. The van der Waals surface area contributed by atoms with Gasteiger partial charge in [0.05, 0.1) is 14.2 Å². The van der Waals surface area contributed by atoms with Gasteiger partial charge in [0.2, 0.25) is 0 Å². The standard InChI is InChI=1S/C14H14N4O2/c1-19-11-5-9(6-12(7-11)20-2)14-17-16-13-4-3-10(15)8-18(13)14/h3-8H,15H2,1-2H3. The molecular weight excluding hydrogens is 256 g/mol. The molecule has 0 radical (unpaired) electrons. The molecule has 0 unspecified atom stereocenters. The van der Waals surface area contributed by atoms with Gasteiger partial charge in [-0.25, -0.2) is 0 Å². The number of nitrogen functional groups attached to an aromatic ring is 1. The van der Waals surface area contributed by atoms with Crippen LogP contribution in [0.2, 0.25) is 0 Å². The predicted molar refractivity (Wildman–Crippen MR) is 75.9 cm³/mol. The average molecular weight is 270 g/mol. The van der Waals surface area contributed by atoms with Crippen molar-refractivity contribution in [3.05, 3.63) is 36.5 Å². The molecule has 1 aromatic carbocycles. The molecule has 20 heavy (non-hydrogen) atoms. The second-order valence-electron chi connectivity index (χ2n) is 4.32. The van der Waals surface area contributed by atoms with Crippen LogP contribution in [0.3, 0.4) is 0 Å². The molecule has 102 valence electrons. The zero-order chi connectivity index (χ0) is 14.1. The molecule has 0 fully saturated rings. The number of anilines is 1. The van der Waals surface area contributed by atoms with Gasteiger partial charge in [-0.2, -0.15) is 0 Å². The van der Waals surface area contributed by atoms with Crippen LogP contribution in [0.1, 0.15) is 0 Å². The molecule has 0 spiro atoms. The van der Waals surface area contributed by atoms with Crippen LogP contribution in [-0.2, 0) is 0 Å². The minimum absolute atomic E-state index is 0.647. The van der Waals surface area contributed by atoms with Crippen molar-refractivity contribution in [1.29, 1.82) is 0 Å². The van der Waals surface area contributed by atoms with Crippen LogP contribution in [0.4, 0.5) is 5.69 Å². The lowest BCUT2D eigenvalue weighted by molar-refractivity contribution is 0.394. The number of aromatic nitrogens is 3. The Hall–Kier alpha value is -2.76. The number of hydrogen-bond donors (Lipinski definition) is 1. The molecule has 0 saturated heterocycles. The first-order valence-corrected chi connectivity index (χ1v) is 6.05. The SMILES string of the molecule is COc1cc(OC)cc(-c2nnc3ccc(N)cn23)c1. The molecule has 0 aliphatic rings. The number of pyridine rings is 1. The number of ether oxygens (including phenoxy) is 2. The molecule has 6 heteroatoms. The topological polar surface area (TPSA) is 74.7 Å². The number of nitrogens with zero attached hydrogens (tertiary/aromatic N) is 3. The van der Waals surface area contributed by atoms with Crippen molar-refractivity contribution in [3.8, 4) is 22.9 Å². The van der Waals surface area contributed by atoms with Gasteiger partial charge in [0.15, 0.2) is 11.5 Å². The maximum atomic E-state index is 5.82. The summed E-state index contributed by atoms with van der Waals surface area (Å²) in [6.45, 7) is 0. The number of nitrogens with two attached hydrogens (primary N) is 1. The van der Waals surface area contributed by atoms with Crippen LogP contribution in [0.25, 0.3) is 17.0 Å². The lowest BCUT2D eigenvalue weighted by Gasteiger charge is -2.07. The molecule has 2 heterocycles. The molecule has 0 saturated carbocycles. The van der Waals surface area contributed by atoms with Crippen molar-refractivity contribution in [2.75, 3.05) is 20.0 Å². The second-order valence-corrected chi connectivity index (χ2v) is 4.32. The van der Waals surface area contributed by atoms with Crippen LogP contribution in [0.15, 0.2) is 36.5 Å². The normalized spacial score (nSPS) is 10.7. The van der Waals surface area contributed by atoms with E-state index in [2.05, 4.69) is 10.2 Å². The summed E-state index contributed by atoms with van der Waals surface area (Å²) in [4.78, 5) is 0. The third-order valence-electron chi connectivity index (χ3n) is 3.03. The zero-order valence-corrected chi connectivity index (χ0v) is 11.2. The number of fused-ring (bicyclic) bond motifs is 1. The zero-order valence-electron chi connectivity index (χ0n) is 11.2. The van der Waals surface area contributed by atoms with Crippen LogP contribution < -0.4 is 15.2 Å². The van der Waals surface area contributed by atoms with Gasteiger partial charge in [-0.05, 0) is 24.3 Å². The molecular formula is C14H14N4O2. The van der Waals surface area contributed by atoms with Crippen molar-refractivity contribution < 1.29 is 9.47 Å². The Balaban J connectivity index is 2.22.